The first-order valence-corrected chi connectivity index (χ1v) is 7.42. The van der Waals surface area contributed by atoms with Gasteiger partial charge in [-0.25, -0.2) is 0 Å². The van der Waals surface area contributed by atoms with Crippen LogP contribution in [0, 0.1) is 5.41 Å². The second-order valence-electron chi connectivity index (χ2n) is 6.44. The molecule has 0 amide bonds. The van der Waals surface area contributed by atoms with Crippen LogP contribution in [0.5, 0.6) is 5.75 Å². The summed E-state index contributed by atoms with van der Waals surface area (Å²) in [5, 5.41) is 3.69. The lowest BCUT2D eigenvalue weighted by Gasteiger charge is -2.32. The molecule has 1 atom stereocenters. The lowest BCUT2D eigenvalue weighted by Crippen LogP contribution is -2.32. The molecule has 2 aromatic carbocycles. The van der Waals surface area contributed by atoms with Crippen LogP contribution in [0.1, 0.15) is 37.9 Å². The molecule has 0 saturated heterocycles. The number of hydrogen-bond donors (Lipinski definition) is 1. The largest absolute Gasteiger partial charge is 0.497 e. The van der Waals surface area contributed by atoms with Crippen molar-refractivity contribution in [1.29, 1.82) is 0 Å². The predicted octanol–water partition coefficient (Wildman–Crippen LogP) is 4.57. The first kappa shape index (κ1) is 15.6. The Morgan fingerprint density at radius 2 is 1.57 bits per heavy atom. The van der Waals surface area contributed by atoms with Gasteiger partial charge in [0.15, 0.2) is 0 Å². The first-order valence-electron chi connectivity index (χ1n) is 7.42. The highest BCUT2D eigenvalue weighted by atomic mass is 16.5. The summed E-state index contributed by atoms with van der Waals surface area (Å²) in [6, 6.07) is 19.2. The fourth-order valence-corrected chi connectivity index (χ4v) is 2.53. The van der Waals surface area contributed by atoms with Gasteiger partial charge in [-0.05, 0) is 28.7 Å². The number of nitrogens with one attached hydrogen (secondary N) is 1. The minimum Gasteiger partial charge on any atom is -0.497 e. The van der Waals surface area contributed by atoms with Crippen molar-refractivity contribution in [1.82, 2.24) is 5.32 Å². The molecule has 0 fully saturated rings. The van der Waals surface area contributed by atoms with Crippen molar-refractivity contribution in [3.63, 3.8) is 0 Å². The molecule has 2 rings (SSSR count). The summed E-state index contributed by atoms with van der Waals surface area (Å²) in [4.78, 5) is 0. The van der Waals surface area contributed by atoms with Crippen molar-refractivity contribution >= 4 is 0 Å². The molecule has 0 aliphatic heterocycles. The molecule has 0 aliphatic carbocycles. The summed E-state index contributed by atoms with van der Waals surface area (Å²) in [7, 11) is 1.69. The van der Waals surface area contributed by atoms with Gasteiger partial charge in [-0.15, -0.1) is 0 Å². The van der Waals surface area contributed by atoms with Gasteiger partial charge in [0.25, 0.3) is 0 Å². The van der Waals surface area contributed by atoms with Crippen molar-refractivity contribution < 1.29 is 4.74 Å². The molecular weight excluding hydrogens is 258 g/mol. The van der Waals surface area contributed by atoms with E-state index in [4.69, 9.17) is 4.74 Å². The van der Waals surface area contributed by atoms with E-state index in [0.717, 1.165) is 12.3 Å². The molecule has 21 heavy (non-hydrogen) atoms. The van der Waals surface area contributed by atoms with Gasteiger partial charge < -0.3 is 10.1 Å². The average Bonchev–Trinajstić information content (AvgIpc) is 2.48. The van der Waals surface area contributed by atoms with E-state index in [0.29, 0.717) is 6.04 Å². The zero-order valence-corrected chi connectivity index (χ0v) is 13.4. The van der Waals surface area contributed by atoms with Crippen LogP contribution < -0.4 is 10.1 Å². The molecular formula is C19H25NO. The highest BCUT2D eigenvalue weighted by Crippen LogP contribution is 2.32. The van der Waals surface area contributed by atoms with Crippen molar-refractivity contribution in [3.8, 4) is 5.75 Å². The van der Waals surface area contributed by atoms with Crippen LogP contribution in [0.2, 0.25) is 0 Å². The van der Waals surface area contributed by atoms with Gasteiger partial charge in [0, 0.05) is 12.6 Å². The van der Waals surface area contributed by atoms with Crippen LogP contribution in [0.3, 0.4) is 0 Å². The molecule has 1 N–H and O–H groups in total. The number of benzene rings is 2. The van der Waals surface area contributed by atoms with Gasteiger partial charge in [-0.3, -0.25) is 0 Å². The minimum atomic E-state index is 0.161. The molecule has 0 spiro atoms. The third-order valence-corrected chi connectivity index (χ3v) is 3.67. The minimum absolute atomic E-state index is 0.161. The van der Waals surface area contributed by atoms with Crippen molar-refractivity contribution in [2.24, 2.45) is 5.41 Å². The summed E-state index contributed by atoms with van der Waals surface area (Å²) in [6.07, 6.45) is 0. The van der Waals surface area contributed by atoms with Crippen LogP contribution in [-0.2, 0) is 6.54 Å². The molecule has 2 aromatic rings. The fraction of sp³-hybridized carbons (Fsp3) is 0.368. The zero-order chi connectivity index (χ0) is 15.3. The van der Waals surface area contributed by atoms with Gasteiger partial charge in [-0.2, -0.15) is 0 Å². The Morgan fingerprint density at radius 1 is 0.952 bits per heavy atom. The van der Waals surface area contributed by atoms with Crippen LogP contribution in [0.4, 0.5) is 0 Å². The van der Waals surface area contributed by atoms with E-state index in [9.17, 15) is 0 Å². The highest BCUT2D eigenvalue weighted by molar-refractivity contribution is 5.27. The fourth-order valence-electron chi connectivity index (χ4n) is 2.53. The predicted molar refractivity (Wildman–Crippen MR) is 88.5 cm³/mol. The zero-order valence-electron chi connectivity index (χ0n) is 13.4. The maximum atomic E-state index is 5.20. The SMILES string of the molecule is COc1ccc(CNC(c2ccccc2)C(C)(C)C)cc1. The molecule has 0 aromatic heterocycles. The van der Waals surface area contributed by atoms with Gasteiger partial charge in [0.1, 0.15) is 5.75 Å². The van der Waals surface area contributed by atoms with E-state index in [1.807, 2.05) is 12.1 Å². The van der Waals surface area contributed by atoms with E-state index in [1.54, 1.807) is 7.11 Å². The van der Waals surface area contributed by atoms with Gasteiger partial charge in [0.05, 0.1) is 7.11 Å². The van der Waals surface area contributed by atoms with E-state index < -0.39 is 0 Å². The summed E-state index contributed by atoms with van der Waals surface area (Å²) >= 11 is 0. The Hall–Kier alpha value is -1.80. The summed E-state index contributed by atoms with van der Waals surface area (Å²) < 4.78 is 5.20. The van der Waals surface area contributed by atoms with Crippen molar-refractivity contribution in [3.05, 3.63) is 65.7 Å². The normalized spacial score (nSPS) is 13.0. The third-order valence-electron chi connectivity index (χ3n) is 3.67. The number of hydrogen-bond acceptors (Lipinski definition) is 2. The summed E-state index contributed by atoms with van der Waals surface area (Å²) in [5.41, 5.74) is 2.76. The second-order valence-corrected chi connectivity index (χ2v) is 6.44. The molecule has 0 bridgehead atoms. The van der Waals surface area contributed by atoms with Gasteiger partial charge in [-0.1, -0.05) is 63.2 Å². The molecule has 1 unspecified atom stereocenters. The quantitative estimate of drug-likeness (QED) is 0.867. The Balaban J connectivity index is 2.09. The Kier molecular flexibility index (Phi) is 5.03. The molecule has 0 heterocycles. The van der Waals surface area contributed by atoms with Gasteiger partial charge >= 0.3 is 0 Å². The van der Waals surface area contributed by atoms with Crippen molar-refractivity contribution in [2.45, 2.75) is 33.4 Å². The maximum absolute atomic E-state index is 5.20. The van der Waals surface area contributed by atoms with E-state index >= 15 is 0 Å². The lowest BCUT2D eigenvalue weighted by molar-refractivity contribution is 0.271. The smallest absolute Gasteiger partial charge is 0.118 e. The van der Waals surface area contributed by atoms with Crippen LogP contribution in [-0.4, -0.2) is 7.11 Å². The molecule has 2 heteroatoms. The number of methoxy groups -OCH3 is 1. The Labute approximate surface area is 128 Å². The molecule has 0 saturated carbocycles. The molecule has 0 aliphatic rings. The summed E-state index contributed by atoms with van der Waals surface area (Å²) in [6.45, 7) is 7.66. The number of ether oxygens (including phenoxy) is 1. The second kappa shape index (κ2) is 6.77. The standard InChI is InChI=1S/C19H25NO/c1-19(2,3)18(16-8-6-5-7-9-16)20-14-15-10-12-17(21-4)13-11-15/h5-13,18,20H,14H2,1-4H3. The van der Waals surface area contributed by atoms with E-state index in [2.05, 4.69) is 68.6 Å². The highest BCUT2D eigenvalue weighted by Gasteiger charge is 2.25. The Bertz CT molecular complexity index is 540. The van der Waals surface area contributed by atoms with E-state index in [-0.39, 0.29) is 5.41 Å². The number of rotatable bonds is 5. The Morgan fingerprint density at radius 3 is 2.10 bits per heavy atom. The van der Waals surface area contributed by atoms with Gasteiger partial charge in [0.2, 0.25) is 0 Å². The summed E-state index contributed by atoms with van der Waals surface area (Å²) in [5.74, 6) is 0.897. The molecule has 112 valence electrons. The third kappa shape index (κ3) is 4.33. The molecule has 2 nitrogen and oxygen atoms in total. The van der Waals surface area contributed by atoms with E-state index in [1.165, 1.54) is 11.1 Å². The topological polar surface area (TPSA) is 21.3 Å². The lowest BCUT2D eigenvalue weighted by atomic mass is 9.82. The first-order chi connectivity index (χ1) is 10.0. The van der Waals surface area contributed by atoms with Crippen LogP contribution in [0.15, 0.2) is 54.6 Å². The van der Waals surface area contributed by atoms with Crippen LogP contribution in [0.25, 0.3) is 0 Å². The molecule has 0 radical (unpaired) electrons. The monoisotopic (exact) mass is 283 g/mol. The maximum Gasteiger partial charge on any atom is 0.118 e. The van der Waals surface area contributed by atoms with Crippen molar-refractivity contribution in [2.75, 3.05) is 7.11 Å². The van der Waals surface area contributed by atoms with Crippen LogP contribution >= 0.6 is 0 Å². The average molecular weight is 283 g/mol.